The second-order valence-corrected chi connectivity index (χ2v) is 9.00. The molecule has 0 aliphatic heterocycles. The Balaban J connectivity index is 1.64. The van der Waals surface area contributed by atoms with Crippen LogP contribution in [0.3, 0.4) is 0 Å². The number of nitrogens with one attached hydrogen (secondary N) is 1. The van der Waals surface area contributed by atoms with Crippen molar-refractivity contribution in [2.45, 2.75) is 97.6 Å². The molecule has 3 fully saturated rings. The van der Waals surface area contributed by atoms with Crippen molar-refractivity contribution < 1.29 is 0 Å². The predicted octanol–water partition coefficient (Wildman–Crippen LogP) is 5.15. The number of hydrogen-bond donors (Lipinski definition) is 1. The lowest BCUT2D eigenvalue weighted by Gasteiger charge is -2.40. The predicted molar refractivity (Wildman–Crippen MR) is 86.8 cm³/mol. The summed E-state index contributed by atoms with van der Waals surface area (Å²) in [5.41, 5.74) is 0.975. The third kappa shape index (κ3) is 2.45. The Bertz CT molecular complexity index is 324. The van der Waals surface area contributed by atoms with Crippen LogP contribution >= 0.6 is 0 Å². The van der Waals surface area contributed by atoms with E-state index in [9.17, 15) is 0 Å². The van der Waals surface area contributed by atoms with Crippen LogP contribution in [0.1, 0.15) is 85.5 Å². The van der Waals surface area contributed by atoms with Crippen LogP contribution in [0, 0.1) is 22.7 Å². The Labute approximate surface area is 126 Å². The van der Waals surface area contributed by atoms with Crippen molar-refractivity contribution in [2.75, 3.05) is 0 Å². The minimum Gasteiger partial charge on any atom is -0.310 e. The zero-order chi connectivity index (χ0) is 14.4. The summed E-state index contributed by atoms with van der Waals surface area (Å²) < 4.78 is 0. The molecule has 116 valence electrons. The van der Waals surface area contributed by atoms with E-state index in [0.717, 1.165) is 23.9 Å². The summed E-state index contributed by atoms with van der Waals surface area (Å²) in [5.74, 6) is 2.02. The van der Waals surface area contributed by atoms with Crippen LogP contribution in [0.2, 0.25) is 0 Å². The van der Waals surface area contributed by atoms with Crippen LogP contribution in [0.15, 0.2) is 0 Å². The molecule has 1 nitrogen and oxygen atoms in total. The van der Waals surface area contributed by atoms with E-state index in [1.807, 2.05) is 0 Å². The van der Waals surface area contributed by atoms with Gasteiger partial charge in [0.25, 0.3) is 0 Å². The molecule has 0 radical (unpaired) electrons. The lowest BCUT2D eigenvalue weighted by molar-refractivity contribution is 0.145. The highest BCUT2D eigenvalue weighted by Gasteiger charge is 2.65. The Kier molecular flexibility index (Phi) is 3.95. The third-order valence-electron chi connectivity index (χ3n) is 7.48. The smallest absolute Gasteiger partial charge is 0.0183 e. The molecule has 20 heavy (non-hydrogen) atoms. The van der Waals surface area contributed by atoms with Gasteiger partial charge in [-0.3, -0.25) is 0 Å². The second-order valence-electron chi connectivity index (χ2n) is 9.00. The van der Waals surface area contributed by atoms with Crippen LogP contribution in [-0.2, 0) is 0 Å². The molecule has 0 heterocycles. The highest BCUT2D eigenvalue weighted by Crippen LogP contribution is 2.63. The van der Waals surface area contributed by atoms with Crippen molar-refractivity contribution in [3.05, 3.63) is 0 Å². The maximum atomic E-state index is 4.12. The fraction of sp³-hybridized carbons (Fsp3) is 1.00. The normalized spacial score (nSPS) is 37.8. The Morgan fingerprint density at radius 3 is 1.85 bits per heavy atom. The number of hydrogen-bond acceptors (Lipinski definition) is 1. The van der Waals surface area contributed by atoms with Gasteiger partial charge in [-0.05, 0) is 35.5 Å². The van der Waals surface area contributed by atoms with Gasteiger partial charge in [0.05, 0.1) is 0 Å². The standard InChI is InChI=1S/C19H35N/c1-18(2)17(19(18,3)4)20-16-13-9-8-12-15(16)14-10-6-5-7-11-14/h14-17,20H,5-13H2,1-4H3. The van der Waals surface area contributed by atoms with E-state index in [1.54, 1.807) is 0 Å². The van der Waals surface area contributed by atoms with Crippen LogP contribution in [0.5, 0.6) is 0 Å². The van der Waals surface area contributed by atoms with Gasteiger partial charge in [0.2, 0.25) is 0 Å². The molecular weight excluding hydrogens is 242 g/mol. The van der Waals surface area contributed by atoms with Gasteiger partial charge in [-0.15, -0.1) is 0 Å². The van der Waals surface area contributed by atoms with Gasteiger partial charge >= 0.3 is 0 Å². The molecule has 0 aromatic rings. The quantitative estimate of drug-likeness (QED) is 0.752. The minimum absolute atomic E-state index is 0.488. The molecule has 2 atom stereocenters. The molecule has 3 aliphatic carbocycles. The van der Waals surface area contributed by atoms with Gasteiger partial charge in [0, 0.05) is 12.1 Å². The van der Waals surface area contributed by atoms with Gasteiger partial charge in [-0.1, -0.05) is 72.6 Å². The molecular formula is C19H35N. The van der Waals surface area contributed by atoms with Gasteiger partial charge < -0.3 is 5.32 Å². The van der Waals surface area contributed by atoms with E-state index in [4.69, 9.17) is 0 Å². The maximum absolute atomic E-state index is 4.12. The molecule has 2 unspecified atom stereocenters. The first-order chi connectivity index (χ1) is 9.44. The zero-order valence-corrected chi connectivity index (χ0v) is 14.2. The van der Waals surface area contributed by atoms with Crippen LogP contribution in [-0.4, -0.2) is 12.1 Å². The zero-order valence-electron chi connectivity index (χ0n) is 14.2. The lowest BCUT2D eigenvalue weighted by Crippen LogP contribution is -2.45. The van der Waals surface area contributed by atoms with Crippen molar-refractivity contribution >= 4 is 0 Å². The molecule has 3 saturated carbocycles. The van der Waals surface area contributed by atoms with Crippen molar-refractivity contribution in [1.82, 2.24) is 5.32 Å². The summed E-state index contributed by atoms with van der Waals surface area (Å²) in [6.07, 6.45) is 13.4. The second kappa shape index (κ2) is 5.30. The Morgan fingerprint density at radius 2 is 1.25 bits per heavy atom. The Hall–Kier alpha value is -0.0400. The van der Waals surface area contributed by atoms with E-state index in [0.29, 0.717) is 10.8 Å². The van der Waals surface area contributed by atoms with Gasteiger partial charge in [0.1, 0.15) is 0 Å². The number of rotatable bonds is 3. The molecule has 1 N–H and O–H groups in total. The van der Waals surface area contributed by atoms with E-state index in [-0.39, 0.29) is 0 Å². The monoisotopic (exact) mass is 277 g/mol. The summed E-state index contributed by atoms with van der Waals surface area (Å²) in [6, 6.07) is 1.56. The van der Waals surface area contributed by atoms with Crippen LogP contribution in [0.4, 0.5) is 0 Å². The molecule has 1 heteroatoms. The first kappa shape index (κ1) is 14.9. The molecule has 0 aromatic carbocycles. The van der Waals surface area contributed by atoms with Crippen molar-refractivity contribution in [1.29, 1.82) is 0 Å². The average molecular weight is 277 g/mol. The van der Waals surface area contributed by atoms with E-state index >= 15 is 0 Å². The topological polar surface area (TPSA) is 12.0 Å². The SMILES string of the molecule is CC1(C)C(NC2CCCCC2C2CCCCC2)C1(C)C. The molecule has 0 aromatic heterocycles. The third-order valence-corrected chi connectivity index (χ3v) is 7.48. The van der Waals surface area contributed by atoms with E-state index in [1.165, 1.54) is 57.8 Å². The molecule has 0 amide bonds. The van der Waals surface area contributed by atoms with Gasteiger partial charge in [-0.25, -0.2) is 0 Å². The summed E-state index contributed by atoms with van der Waals surface area (Å²) in [6.45, 7) is 9.79. The fourth-order valence-corrected chi connectivity index (χ4v) is 5.32. The maximum Gasteiger partial charge on any atom is 0.0183 e. The van der Waals surface area contributed by atoms with Crippen LogP contribution in [0.25, 0.3) is 0 Å². The van der Waals surface area contributed by atoms with Crippen molar-refractivity contribution in [2.24, 2.45) is 22.7 Å². The molecule has 0 bridgehead atoms. The van der Waals surface area contributed by atoms with E-state index in [2.05, 4.69) is 33.0 Å². The summed E-state index contributed by atoms with van der Waals surface area (Å²) in [5, 5.41) is 4.12. The highest BCUT2D eigenvalue weighted by molar-refractivity contribution is 5.18. The van der Waals surface area contributed by atoms with E-state index < -0.39 is 0 Å². The molecule has 0 saturated heterocycles. The van der Waals surface area contributed by atoms with Crippen molar-refractivity contribution in [3.8, 4) is 0 Å². The first-order valence-electron chi connectivity index (χ1n) is 9.20. The van der Waals surface area contributed by atoms with Crippen LogP contribution < -0.4 is 5.32 Å². The highest BCUT2D eigenvalue weighted by atomic mass is 15.1. The summed E-state index contributed by atoms with van der Waals surface area (Å²) in [7, 11) is 0. The Morgan fingerprint density at radius 1 is 0.700 bits per heavy atom. The molecule has 0 spiro atoms. The molecule has 3 rings (SSSR count). The van der Waals surface area contributed by atoms with Gasteiger partial charge in [-0.2, -0.15) is 0 Å². The summed E-state index contributed by atoms with van der Waals surface area (Å²) in [4.78, 5) is 0. The summed E-state index contributed by atoms with van der Waals surface area (Å²) >= 11 is 0. The largest absolute Gasteiger partial charge is 0.310 e. The van der Waals surface area contributed by atoms with Gasteiger partial charge in [0.15, 0.2) is 0 Å². The fourth-order valence-electron chi connectivity index (χ4n) is 5.32. The minimum atomic E-state index is 0.488. The van der Waals surface area contributed by atoms with Crippen molar-refractivity contribution in [3.63, 3.8) is 0 Å². The average Bonchev–Trinajstić information content (AvgIpc) is 2.83. The molecule has 3 aliphatic rings. The lowest BCUT2D eigenvalue weighted by atomic mass is 9.71. The first-order valence-corrected chi connectivity index (χ1v) is 9.20.